The van der Waals surface area contributed by atoms with Gasteiger partial charge in [0.05, 0.1) is 5.54 Å². The van der Waals surface area contributed by atoms with E-state index in [1.807, 2.05) is 24.3 Å². The molecule has 3 rings (SSSR count). The molecule has 4 nitrogen and oxygen atoms in total. The minimum atomic E-state index is -0.284. The Morgan fingerprint density at radius 2 is 1.73 bits per heavy atom. The van der Waals surface area contributed by atoms with Gasteiger partial charge in [-0.05, 0) is 49.5 Å². The van der Waals surface area contributed by atoms with Crippen LogP contribution in [0.5, 0.6) is 0 Å². The fourth-order valence-electron chi connectivity index (χ4n) is 4.24. The van der Waals surface area contributed by atoms with Crippen LogP contribution in [0.4, 0.5) is 0 Å². The lowest BCUT2D eigenvalue weighted by atomic mass is 9.76. The average Bonchev–Trinajstić information content (AvgIpc) is 2.68. The van der Waals surface area contributed by atoms with E-state index in [9.17, 15) is 9.59 Å². The summed E-state index contributed by atoms with van der Waals surface area (Å²) in [5.41, 5.74) is 0.864. The zero-order chi connectivity index (χ0) is 18.6. The van der Waals surface area contributed by atoms with E-state index < -0.39 is 0 Å². The number of carbonyl (C=O) groups excluding carboxylic acids is 2. The van der Waals surface area contributed by atoms with Crippen LogP contribution >= 0.6 is 11.6 Å². The zero-order valence-corrected chi connectivity index (χ0v) is 15.9. The molecule has 0 unspecified atom stereocenters. The third-order valence-electron chi connectivity index (χ3n) is 5.82. The number of halogens is 1. The quantitative estimate of drug-likeness (QED) is 0.808. The minimum absolute atomic E-state index is 0.0324. The van der Waals surface area contributed by atoms with Crippen LogP contribution in [0.25, 0.3) is 0 Å². The largest absolute Gasteiger partial charge is 0.346 e. The highest BCUT2D eigenvalue weighted by Crippen LogP contribution is 2.38. The molecule has 140 valence electrons. The van der Waals surface area contributed by atoms with Crippen molar-refractivity contribution in [3.05, 3.63) is 47.5 Å². The highest BCUT2D eigenvalue weighted by Gasteiger charge is 2.37. The number of rotatable bonds is 4. The summed E-state index contributed by atoms with van der Waals surface area (Å²) in [4.78, 5) is 26.5. The van der Waals surface area contributed by atoms with Gasteiger partial charge in [-0.25, -0.2) is 0 Å². The molecule has 0 aromatic heterocycles. The number of piperidine rings is 1. The van der Waals surface area contributed by atoms with E-state index in [1.165, 1.54) is 12.5 Å². The Morgan fingerprint density at radius 3 is 2.31 bits per heavy atom. The first-order valence-electron chi connectivity index (χ1n) is 9.53. The topological polar surface area (TPSA) is 49.4 Å². The molecule has 1 aromatic carbocycles. The summed E-state index contributed by atoms with van der Waals surface area (Å²) in [7, 11) is 0. The molecule has 26 heavy (non-hydrogen) atoms. The maximum atomic E-state index is 13.0. The van der Waals surface area contributed by atoms with Gasteiger partial charge in [-0.15, -0.1) is 0 Å². The maximum Gasteiger partial charge on any atom is 0.245 e. The third kappa shape index (κ3) is 4.12. The molecule has 1 N–H and O–H groups in total. The smallest absolute Gasteiger partial charge is 0.245 e. The molecule has 2 fully saturated rings. The van der Waals surface area contributed by atoms with Crippen LogP contribution in [-0.4, -0.2) is 29.8 Å². The highest BCUT2D eigenvalue weighted by atomic mass is 35.5. The zero-order valence-electron chi connectivity index (χ0n) is 15.2. The van der Waals surface area contributed by atoms with Crippen LogP contribution in [0.3, 0.4) is 0 Å². The first-order valence-corrected chi connectivity index (χ1v) is 9.91. The van der Waals surface area contributed by atoms with Crippen molar-refractivity contribution < 1.29 is 9.59 Å². The van der Waals surface area contributed by atoms with Crippen molar-refractivity contribution in [1.29, 1.82) is 0 Å². The summed E-state index contributed by atoms with van der Waals surface area (Å²) >= 11 is 6.05. The van der Waals surface area contributed by atoms with Crippen LogP contribution in [0.1, 0.15) is 50.5 Å². The Kier molecular flexibility index (Phi) is 6.02. The van der Waals surface area contributed by atoms with E-state index >= 15 is 0 Å². The lowest BCUT2D eigenvalue weighted by Gasteiger charge is -2.40. The van der Waals surface area contributed by atoms with Crippen molar-refractivity contribution in [2.75, 3.05) is 13.1 Å². The number of hydrogen-bond acceptors (Lipinski definition) is 2. The molecule has 2 amide bonds. The van der Waals surface area contributed by atoms with Gasteiger partial charge >= 0.3 is 0 Å². The average molecular weight is 375 g/mol. The monoisotopic (exact) mass is 374 g/mol. The summed E-state index contributed by atoms with van der Waals surface area (Å²) in [6.07, 6.45) is 8.15. The number of nitrogens with zero attached hydrogens (tertiary/aromatic N) is 1. The number of carbonyl (C=O) groups is 2. The molecule has 1 saturated heterocycles. The summed E-state index contributed by atoms with van der Waals surface area (Å²) in [5, 5.41) is 4.10. The van der Waals surface area contributed by atoms with Crippen LogP contribution in [0, 0.1) is 5.92 Å². The van der Waals surface area contributed by atoms with E-state index in [0.717, 1.165) is 31.2 Å². The predicted molar refractivity (Wildman–Crippen MR) is 104 cm³/mol. The molecule has 2 aliphatic rings. The Labute approximate surface area is 160 Å². The molecular formula is C21H27ClN2O2. The van der Waals surface area contributed by atoms with Gasteiger partial charge in [0, 0.05) is 24.0 Å². The lowest BCUT2D eigenvalue weighted by Crippen LogP contribution is -2.51. The van der Waals surface area contributed by atoms with Gasteiger partial charge in [-0.1, -0.05) is 49.6 Å². The van der Waals surface area contributed by atoms with E-state index in [4.69, 9.17) is 11.6 Å². The third-order valence-corrected chi connectivity index (χ3v) is 6.07. The van der Waals surface area contributed by atoms with E-state index in [1.54, 1.807) is 4.90 Å². The summed E-state index contributed by atoms with van der Waals surface area (Å²) < 4.78 is 0. The van der Waals surface area contributed by atoms with Crippen LogP contribution in [-0.2, 0) is 15.1 Å². The van der Waals surface area contributed by atoms with Crippen molar-refractivity contribution in [3.63, 3.8) is 0 Å². The number of benzene rings is 1. The van der Waals surface area contributed by atoms with Gasteiger partial charge in [0.2, 0.25) is 11.8 Å². The molecule has 5 heteroatoms. The Hall–Kier alpha value is -1.81. The highest BCUT2D eigenvalue weighted by molar-refractivity contribution is 6.30. The van der Waals surface area contributed by atoms with Gasteiger partial charge in [0.25, 0.3) is 0 Å². The van der Waals surface area contributed by atoms with Gasteiger partial charge in [0.15, 0.2) is 0 Å². The fraction of sp³-hybridized carbons (Fsp3) is 0.524. The molecule has 1 aromatic rings. The molecule has 0 bridgehead atoms. The molecule has 1 saturated carbocycles. The number of nitrogens with one attached hydrogen (secondary N) is 1. The van der Waals surface area contributed by atoms with Crippen molar-refractivity contribution in [2.24, 2.45) is 5.92 Å². The van der Waals surface area contributed by atoms with Crippen molar-refractivity contribution in [2.45, 2.75) is 50.5 Å². The van der Waals surface area contributed by atoms with Crippen LogP contribution in [0.2, 0.25) is 5.02 Å². The molecule has 0 atom stereocenters. The summed E-state index contributed by atoms with van der Waals surface area (Å²) in [6, 6.07) is 7.89. The summed E-state index contributed by atoms with van der Waals surface area (Å²) in [5.74, 6) is 0.0382. The molecule has 1 aliphatic heterocycles. The number of hydrogen-bond donors (Lipinski definition) is 1. The second kappa shape index (κ2) is 8.26. The Morgan fingerprint density at radius 1 is 1.12 bits per heavy atom. The normalized spacial score (nSPS) is 20.4. The van der Waals surface area contributed by atoms with Gasteiger partial charge < -0.3 is 10.2 Å². The molecule has 1 heterocycles. The SMILES string of the molecule is C=CC(=O)N1CCC(C(=O)NC2(c3ccc(Cl)cc3)CCCCC2)CC1. The molecular weight excluding hydrogens is 348 g/mol. The van der Waals surface area contributed by atoms with Gasteiger partial charge in [-0.2, -0.15) is 0 Å². The van der Waals surface area contributed by atoms with E-state index in [-0.39, 0.29) is 23.3 Å². The minimum Gasteiger partial charge on any atom is -0.346 e. The molecule has 0 radical (unpaired) electrons. The van der Waals surface area contributed by atoms with Crippen molar-refractivity contribution in [1.82, 2.24) is 10.2 Å². The summed E-state index contributed by atoms with van der Waals surface area (Å²) in [6.45, 7) is 4.78. The molecule has 1 aliphatic carbocycles. The second-order valence-corrected chi connectivity index (χ2v) is 7.88. The Bertz CT molecular complexity index is 657. The fourth-order valence-corrected chi connectivity index (χ4v) is 4.37. The molecule has 0 spiro atoms. The second-order valence-electron chi connectivity index (χ2n) is 7.44. The standard InChI is InChI=1S/C21H27ClN2O2/c1-2-19(25)24-14-10-16(11-15-24)20(26)23-21(12-4-3-5-13-21)17-6-8-18(22)9-7-17/h2,6-9,16H,1,3-5,10-15H2,(H,23,26). The number of likely N-dealkylation sites (tertiary alicyclic amines) is 1. The first kappa shape index (κ1) is 19.0. The predicted octanol–water partition coefficient (Wildman–Crippen LogP) is 4.04. The van der Waals surface area contributed by atoms with E-state index in [0.29, 0.717) is 31.0 Å². The lowest BCUT2D eigenvalue weighted by molar-refractivity contribution is -0.133. The maximum absolute atomic E-state index is 13.0. The first-order chi connectivity index (χ1) is 12.5. The van der Waals surface area contributed by atoms with Crippen LogP contribution in [0.15, 0.2) is 36.9 Å². The van der Waals surface area contributed by atoms with Gasteiger partial charge in [-0.3, -0.25) is 9.59 Å². The van der Waals surface area contributed by atoms with Gasteiger partial charge in [0.1, 0.15) is 0 Å². The Balaban J connectivity index is 1.69. The van der Waals surface area contributed by atoms with Crippen LogP contribution < -0.4 is 5.32 Å². The van der Waals surface area contributed by atoms with Crippen molar-refractivity contribution >= 4 is 23.4 Å². The van der Waals surface area contributed by atoms with Crippen molar-refractivity contribution in [3.8, 4) is 0 Å². The van der Waals surface area contributed by atoms with E-state index in [2.05, 4.69) is 11.9 Å². The number of amides is 2.